The summed E-state index contributed by atoms with van der Waals surface area (Å²) in [5.74, 6) is 0.985. The first-order valence-corrected chi connectivity index (χ1v) is 10.3. The number of benzene rings is 2. The van der Waals surface area contributed by atoms with E-state index in [0.717, 1.165) is 29.7 Å². The van der Waals surface area contributed by atoms with Crippen LogP contribution in [-0.4, -0.2) is 48.9 Å². The molecule has 2 atom stereocenters. The van der Waals surface area contributed by atoms with Crippen molar-refractivity contribution in [2.24, 2.45) is 11.8 Å². The lowest BCUT2D eigenvalue weighted by molar-refractivity contribution is -0.135. The molecule has 29 heavy (non-hydrogen) atoms. The van der Waals surface area contributed by atoms with Crippen LogP contribution in [0.4, 0.5) is 0 Å². The number of hydrogen-bond acceptors (Lipinski definition) is 3. The molecule has 2 aromatic rings. The zero-order valence-corrected chi connectivity index (χ0v) is 17.1. The summed E-state index contributed by atoms with van der Waals surface area (Å²) in [6.07, 6.45) is 1.96. The van der Waals surface area contributed by atoms with Crippen molar-refractivity contribution in [2.45, 2.75) is 25.3 Å². The molecular weight excluding hydrogens is 364 g/mol. The molecule has 1 aliphatic heterocycles. The Labute approximate surface area is 172 Å². The van der Waals surface area contributed by atoms with Crippen molar-refractivity contribution in [3.8, 4) is 5.75 Å². The van der Waals surface area contributed by atoms with E-state index in [-0.39, 0.29) is 29.6 Å². The molecule has 0 unspecified atom stereocenters. The van der Waals surface area contributed by atoms with E-state index in [1.807, 2.05) is 66.5 Å². The van der Waals surface area contributed by atoms with Gasteiger partial charge in [0.1, 0.15) is 5.75 Å². The molecule has 0 N–H and O–H groups in total. The fraction of sp³-hybridized carbons (Fsp3) is 0.417. The first kappa shape index (κ1) is 19.5. The first-order valence-electron chi connectivity index (χ1n) is 10.3. The zero-order valence-electron chi connectivity index (χ0n) is 17.1. The topological polar surface area (TPSA) is 49.9 Å². The molecule has 2 fully saturated rings. The molecule has 5 heteroatoms. The summed E-state index contributed by atoms with van der Waals surface area (Å²) >= 11 is 0. The summed E-state index contributed by atoms with van der Waals surface area (Å²) in [5.41, 5.74) is 2.16. The van der Waals surface area contributed by atoms with Crippen molar-refractivity contribution in [2.75, 3.05) is 27.2 Å². The minimum atomic E-state index is -0.237. The number of carbonyl (C=O) groups is 2. The number of ether oxygens (including phenoxy) is 1. The average molecular weight is 392 g/mol. The Kier molecular flexibility index (Phi) is 5.56. The summed E-state index contributed by atoms with van der Waals surface area (Å²) in [7, 11) is 3.50. The van der Waals surface area contributed by atoms with Gasteiger partial charge in [-0.05, 0) is 36.1 Å². The van der Waals surface area contributed by atoms with Crippen LogP contribution >= 0.6 is 0 Å². The second kappa shape index (κ2) is 8.27. The van der Waals surface area contributed by atoms with Gasteiger partial charge >= 0.3 is 0 Å². The van der Waals surface area contributed by atoms with Gasteiger partial charge in [-0.25, -0.2) is 0 Å². The molecule has 0 radical (unpaired) electrons. The van der Waals surface area contributed by atoms with Crippen molar-refractivity contribution in [3.05, 3.63) is 65.7 Å². The average Bonchev–Trinajstić information content (AvgIpc) is 3.51. The number of carbonyl (C=O) groups excluding carboxylic acids is 2. The highest BCUT2D eigenvalue weighted by atomic mass is 16.5. The number of rotatable bonds is 6. The Balaban J connectivity index is 1.56. The third kappa shape index (κ3) is 4.29. The van der Waals surface area contributed by atoms with E-state index in [1.54, 1.807) is 12.0 Å². The van der Waals surface area contributed by atoms with Crippen LogP contribution in [0.3, 0.4) is 0 Å². The quantitative estimate of drug-likeness (QED) is 0.758. The van der Waals surface area contributed by atoms with Gasteiger partial charge in [-0.3, -0.25) is 9.59 Å². The summed E-state index contributed by atoms with van der Waals surface area (Å²) in [6.45, 7) is 1.66. The predicted octanol–water partition coefficient (Wildman–Crippen LogP) is 3.31. The van der Waals surface area contributed by atoms with Crippen LogP contribution in [0, 0.1) is 11.8 Å². The van der Waals surface area contributed by atoms with Crippen LogP contribution in [0.2, 0.25) is 0 Å². The number of nitrogens with zero attached hydrogens (tertiary/aromatic N) is 2. The van der Waals surface area contributed by atoms with Crippen LogP contribution in [0.25, 0.3) is 0 Å². The highest BCUT2D eigenvalue weighted by Gasteiger charge is 2.44. The highest BCUT2D eigenvalue weighted by molar-refractivity contribution is 5.85. The van der Waals surface area contributed by atoms with E-state index in [0.29, 0.717) is 19.6 Å². The molecule has 0 aromatic heterocycles. The molecule has 152 valence electrons. The van der Waals surface area contributed by atoms with Crippen molar-refractivity contribution < 1.29 is 14.3 Å². The molecule has 0 spiro atoms. The fourth-order valence-electron chi connectivity index (χ4n) is 4.25. The second-order valence-electron chi connectivity index (χ2n) is 8.19. The Bertz CT molecular complexity index is 879. The van der Waals surface area contributed by atoms with Crippen LogP contribution in [0.5, 0.6) is 5.75 Å². The molecule has 1 heterocycles. The van der Waals surface area contributed by atoms with Gasteiger partial charge in [-0.2, -0.15) is 0 Å². The van der Waals surface area contributed by atoms with Gasteiger partial charge in [-0.15, -0.1) is 0 Å². The fourth-order valence-corrected chi connectivity index (χ4v) is 4.25. The molecular formula is C24H28N2O3. The smallest absolute Gasteiger partial charge is 0.228 e. The molecule has 2 amide bonds. The van der Waals surface area contributed by atoms with E-state index in [4.69, 9.17) is 4.74 Å². The van der Waals surface area contributed by atoms with Crippen LogP contribution in [0.1, 0.15) is 29.9 Å². The van der Waals surface area contributed by atoms with E-state index < -0.39 is 0 Å². The lowest BCUT2D eigenvalue weighted by Crippen LogP contribution is -2.37. The minimum absolute atomic E-state index is 0.0153. The van der Waals surface area contributed by atoms with Crippen molar-refractivity contribution >= 4 is 11.8 Å². The molecule has 1 aliphatic carbocycles. The van der Waals surface area contributed by atoms with Crippen molar-refractivity contribution in [1.82, 2.24) is 9.80 Å². The number of amides is 2. The van der Waals surface area contributed by atoms with E-state index in [2.05, 4.69) is 0 Å². The molecule has 1 saturated carbocycles. The van der Waals surface area contributed by atoms with Gasteiger partial charge < -0.3 is 14.5 Å². The Hall–Kier alpha value is -2.82. The highest BCUT2D eigenvalue weighted by Crippen LogP contribution is 2.39. The monoisotopic (exact) mass is 392 g/mol. The van der Waals surface area contributed by atoms with Gasteiger partial charge in [0.2, 0.25) is 11.8 Å². The molecule has 2 aromatic carbocycles. The van der Waals surface area contributed by atoms with Crippen molar-refractivity contribution in [1.29, 1.82) is 0 Å². The van der Waals surface area contributed by atoms with E-state index >= 15 is 0 Å². The van der Waals surface area contributed by atoms with E-state index in [9.17, 15) is 9.59 Å². The third-order valence-electron chi connectivity index (χ3n) is 6.04. The summed E-state index contributed by atoms with van der Waals surface area (Å²) in [4.78, 5) is 29.8. The predicted molar refractivity (Wildman–Crippen MR) is 111 cm³/mol. The maximum Gasteiger partial charge on any atom is 0.228 e. The van der Waals surface area contributed by atoms with Gasteiger partial charge in [0, 0.05) is 38.5 Å². The van der Waals surface area contributed by atoms with Gasteiger partial charge in [0.25, 0.3) is 0 Å². The van der Waals surface area contributed by atoms with Gasteiger partial charge in [0.15, 0.2) is 0 Å². The maximum absolute atomic E-state index is 13.4. The number of hydrogen-bond donors (Lipinski definition) is 0. The minimum Gasteiger partial charge on any atom is -0.497 e. The maximum atomic E-state index is 13.4. The summed E-state index contributed by atoms with van der Waals surface area (Å²) < 4.78 is 5.38. The SMILES string of the molecule is COc1cccc([C@@H]2CN(C(=O)C3CC3)C[C@@H]2C(=O)N(C)Cc2ccccc2)c1. The standard InChI is InChI=1S/C24H28N2O3/c1-25(14-17-7-4-3-5-8-17)24(28)22-16-26(23(27)18-11-12-18)15-21(22)19-9-6-10-20(13-19)29-2/h3-10,13,18,21-22H,11-12,14-16H2,1-2H3/t21-,22-/m0/s1. The Morgan fingerprint density at radius 3 is 2.52 bits per heavy atom. The van der Waals surface area contributed by atoms with E-state index in [1.165, 1.54) is 0 Å². The summed E-state index contributed by atoms with van der Waals surface area (Å²) in [6, 6.07) is 17.9. The number of methoxy groups -OCH3 is 1. The Morgan fingerprint density at radius 2 is 1.83 bits per heavy atom. The van der Waals surface area contributed by atoms with Crippen LogP contribution < -0.4 is 4.74 Å². The molecule has 5 nitrogen and oxygen atoms in total. The molecule has 1 saturated heterocycles. The molecule has 0 bridgehead atoms. The zero-order chi connectivity index (χ0) is 20.4. The molecule has 4 rings (SSSR count). The number of likely N-dealkylation sites (tertiary alicyclic amines) is 1. The largest absolute Gasteiger partial charge is 0.497 e. The lowest BCUT2D eigenvalue weighted by atomic mass is 9.88. The van der Waals surface area contributed by atoms with Crippen molar-refractivity contribution in [3.63, 3.8) is 0 Å². The second-order valence-corrected chi connectivity index (χ2v) is 8.19. The summed E-state index contributed by atoms with van der Waals surface area (Å²) in [5, 5.41) is 0. The van der Waals surface area contributed by atoms with Gasteiger partial charge in [-0.1, -0.05) is 42.5 Å². The normalized spacial score (nSPS) is 21.1. The Morgan fingerprint density at radius 1 is 1.07 bits per heavy atom. The van der Waals surface area contributed by atoms with Crippen LogP contribution in [0.15, 0.2) is 54.6 Å². The lowest BCUT2D eigenvalue weighted by Gasteiger charge is -2.25. The molecule has 2 aliphatic rings. The third-order valence-corrected chi connectivity index (χ3v) is 6.04. The van der Waals surface area contributed by atoms with Gasteiger partial charge in [0.05, 0.1) is 13.0 Å². The first-order chi connectivity index (χ1) is 14.1. The van der Waals surface area contributed by atoms with Crippen LogP contribution in [-0.2, 0) is 16.1 Å².